The number of thiazole rings is 1. The number of hydrogen-bond donors (Lipinski definition) is 1. The largest absolute Gasteiger partial charge is 0.449 e. The predicted molar refractivity (Wildman–Crippen MR) is 68.8 cm³/mol. The third kappa shape index (κ3) is 1.98. The van der Waals surface area contributed by atoms with E-state index in [0.717, 1.165) is 5.69 Å². The number of nitrogens with zero attached hydrogens (tertiary/aromatic N) is 2. The van der Waals surface area contributed by atoms with Crippen molar-refractivity contribution in [1.82, 2.24) is 9.97 Å². The summed E-state index contributed by atoms with van der Waals surface area (Å²) in [6, 6.07) is 5.28. The monoisotopic (exact) mass is 259 g/mol. The minimum Gasteiger partial charge on any atom is -0.449 e. The van der Waals surface area contributed by atoms with Crippen LogP contribution in [0.3, 0.4) is 0 Å². The summed E-state index contributed by atoms with van der Waals surface area (Å²) in [6.07, 6.45) is 1.63. The van der Waals surface area contributed by atoms with Gasteiger partial charge in [-0.15, -0.1) is 11.3 Å². The number of carbonyl (C=O) groups is 1. The highest BCUT2D eigenvalue weighted by molar-refractivity contribution is 7.13. The van der Waals surface area contributed by atoms with Crippen molar-refractivity contribution in [3.63, 3.8) is 0 Å². The number of hydrogen-bond acceptors (Lipinski definition) is 5. The van der Waals surface area contributed by atoms with Gasteiger partial charge in [0.2, 0.25) is 0 Å². The lowest BCUT2D eigenvalue weighted by Crippen LogP contribution is -2.10. The summed E-state index contributed by atoms with van der Waals surface area (Å²) in [5, 5.41) is 5.00. The molecular formula is C12H9N3O2S. The van der Waals surface area contributed by atoms with Gasteiger partial charge in [0.1, 0.15) is 5.52 Å². The van der Waals surface area contributed by atoms with Gasteiger partial charge in [-0.05, 0) is 19.1 Å². The molecule has 0 aliphatic carbocycles. The quantitative estimate of drug-likeness (QED) is 0.768. The number of rotatable bonds is 2. The first kappa shape index (κ1) is 10.9. The lowest BCUT2D eigenvalue weighted by Gasteiger charge is -1.96. The van der Waals surface area contributed by atoms with Crippen molar-refractivity contribution in [1.29, 1.82) is 0 Å². The first-order valence-corrected chi connectivity index (χ1v) is 6.18. The van der Waals surface area contributed by atoms with Gasteiger partial charge in [0.05, 0.1) is 0 Å². The van der Waals surface area contributed by atoms with Gasteiger partial charge in [0, 0.05) is 23.3 Å². The highest BCUT2D eigenvalue weighted by atomic mass is 32.1. The van der Waals surface area contributed by atoms with Crippen LogP contribution in [0.2, 0.25) is 0 Å². The molecule has 18 heavy (non-hydrogen) atoms. The third-order valence-electron chi connectivity index (χ3n) is 2.39. The number of fused-ring (bicyclic) bond motifs is 1. The van der Waals surface area contributed by atoms with Gasteiger partial charge in [-0.2, -0.15) is 0 Å². The number of pyridine rings is 1. The van der Waals surface area contributed by atoms with E-state index in [-0.39, 0.29) is 11.7 Å². The summed E-state index contributed by atoms with van der Waals surface area (Å²) in [5.74, 6) is -0.0843. The second-order valence-corrected chi connectivity index (χ2v) is 4.63. The van der Waals surface area contributed by atoms with E-state index in [1.807, 2.05) is 13.0 Å². The average molecular weight is 259 g/mol. The number of amides is 1. The van der Waals surface area contributed by atoms with Crippen LogP contribution in [0.1, 0.15) is 16.2 Å². The number of aromatic nitrogens is 2. The molecule has 3 aromatic rings. The van der Waals surface area contributed by atoms with Gasteiger partial charge in [0.15, 0.2) is 16.5 Å². The van der Waals surface area contributed by atoms with E-state index in [0.29, 0.717) is 16.2 Å². The lowest BCUT2D eigenvalue weighted by atomic mass is 10.3. The van der Waals surface area contributed by atoms with Crippen molar-refractivity contribution in [3.8, 4) is 0 Å². The molecule has 6 heteroatoms. The molecule has 0 radical (unpaired) electrons. The van der Waals surface area contributed by atoms with Crippen molar-refractivity contribution < 1.29 is 9.21 Å². The molecule has 0 atom stereocenters. The Balaban J connectivity index is 1.92. The molecule has 3 aromatic heterocycles. The second-order valence-electron chi connectivity index (χ2n) is 3.74. The van der Waals surface area contributed by atoms with Crippen LogP contribution in [-0.2, 0) is 0 Å². The summed E-state index contributed by atoms with van der Waals surface area (Å²) in [6.45, 7) is 1.89. The first-order chi connectivity index (χ1) is 8.72. The van der Waals surface area contributed by atoms with Crippen LogP contribution >= 0.6 is 11.3 Å². The van der Waals surface area contributed by atoms with E-state index >= 15 is 0 Å². The number of carbonyl (C=O) groups excluding carboxylic acids is 1. The van der Waals surface area contributed by atoms with Gasteiger partial charge in [-0.25, -0.2) is 9.97 Å². The number of furan rings is 1. The molecule has 0 saturated heterocycles. The molecular weight excluding hydrogens is 250 g/mol. The first-order valence-electron chi connectivity index (χ1n) is 5.30. The zero-order chi connectivity index (χ0) is 12.5. The SMILES string of the molecule is Cc1ccc2oc(C(=O)Nc3nccs3)cc2n1. The zero-order valence-electron chi connectivity index (χ0n) is 9.51. The van der Waals surface area contributed by atoms with Crippen LogP contribution in [0.4, 0.5) is 5.13 Å². The van der Waals surface area contributed by atoms with Gasteiger partial charge in [0.25, 0.3) is 5.91 Å². The molecule has 0 aromatic carbocycles. The predicted octanol–water partition coefficient (Wildman–Crippen LogP) is 2.85. The van der Waals surface area contributed by atoms with Crippen LogP contribution in [0.5, 0.6) is 0 Å². The minimum absolute atomic E-state index is 0.235. The smallest absolute Gasteiger partial charge is 0.293 e. The minimum atomic E-state index is -0.319. The summed E-state index contributed by atoms with van der Waals surface area (Å²) in [4.78, 5) is 20.2. The summed E-state index contributed by atoms with van der Waals surface area (Å²) in [7, 11) is 0. The summed E-state index contributed by atoms with van der Waals surface area (Å²) < 4.78 is 5.44. The Kier molecular flexibility index (Phi) is 2.56. The fraction of sp³-hybridized carbons (Fsp3) is 0.0833. The van der Waals surface area contributed by atoms with Crippen LogP contribution in [-0.4, -0.2) is 15.9 Å². The average Bonchev–Trinajstić information content (AvgIpc) is 2.96. The fourth-order valence-corrected chi connectivity index (χ4v) is 2.11. The molecule has 3 heterocycles. The number of anilines is 1. The number of aryl methyl sites for hydroxylation is 1. The van der Waals surface area contributed by atoms with Crippen LogP contribution in [0.25, 0.3) is 11.1 Å². The van der Waals surface area contributed by atoms with E-state index in [1.54, 1.807) is 23.7 Å². The Labute approximate surface area is 106 Å². The van der Waals surface area contributed by atoms with Crippen LogP contribution < -0.4 is 5.32 Å². The molecule has 0 spiro atoms. The Morgan fingerprint density at radius 3 is 3.11 bits per heavy atom. The molecule has 0 aliphatic heterocycles. The Morgan fingerprint density at radius 1 is 1.44 bits per heavy atom. The van der Waals surface area contributed by atoms with Crippen LogP contribution in [0, 0.1) is 6.92 Å². The van der Waals surface area contributed by atoms with Crippen molar-refractivity contribution >= 4 is 33.5 Å². The maximum absolute atomic E-state index is 11.9. The van der Waals surface area contributed by atoms with Crippen LogP contribution in [0.15, 0.2) is 34.2 Å². The van der Waals surface area contributed by atoms with Gasteiger partial charge < -0.3 is 4.42 Å². The Morgan fingerprint density at radius 2 is 2.33 bits per heavy atom. The molecule has 0 saturated carbocycles. The lowest BCUT2D eigenvalue weighted by molar-refractivity contribution is 0.0998. The van der Waals surface area contributed by atoms with Crippen molar-refractivity contribution in [3.05, 3.63) is 41.2 Å². The highest BCUT2D eigenvalue weighted by Gasteiger charge is 2.14. The van der Waals surface area contributed by atoms with E-state index in [9.17, 15) is 4.79 Å². The van der Waals surface area contributed by atoms with Gasteiger partial charge >= 0.3 is 0 Å². The number of nitrogens with one attached hydrogen (secondary N) is 1. The summed E-state index contributed by atoms with van der Waals surface area (Å²) in [5.41, 5.74) is 2.17. The van der Waals surface area contributed by atoms with E-state index in [2.05, 4.69) is 15.3 Å². The molecule has 0 unspecified atom stereocenters. The van der Waals surface area contributed by atoms with Crippen molar-refractivity contribution in [2.75, 3.05) is 5.32 Å². The Bertz CT molecular complexity index is 703. The second kappa shape index (κ2) is 4.23. The molecule has 1 amide bonds. The molecule has 5 nitrogen and oxygen atoms in total. The topological polar surface area (TPSA) is 68.0 Å². The van der Waals surface area contributed by atoms with E-state index < -0.39 is 0 Å². The maximum atomic E-state index is 11.9. The molecule has 0 bridgehead atoms. The van der Waals surface area contributed by atoms with Gasteiger partial charge in [-0.3, -0.25) is 10.1 Å². The normalized spacial score (nSPS) is 10.7. The zero-order valence-corrected chi connectivity index (χ0v) is 10.3. The maximum Gasteiger partial charge on any atom is 0.293 e. The molecule has 3 rings (SSSR count). The Hall–Kier alpha value is -2.21. The van der Waals surface area contributed by atoms with Crippen molar-refractivity contribution in [2.45, 2.75) is 6.92 Å². The molecule has 0 aliphatic rings. The standard InChI is InChI=1S/C12H9N3O2S/c1-7-2-3-9-8(14-7)6-10(17-9)11(16)15-12-13-4-5-18-12/h2-6H,1H3,(H,13,15,16). The highest BCUT2D eigenvalue weighted by Crippen LogP contribution is 2.19. The van der Waals surface area contributed by atoms with Crippen molar-refractivity contribution in [2.24, 2.45) is 0 Å². The molecule has 90 valence electrons. The fourth-order valence-electron chi connectivity index (χ4n) is 1.58. The van der Waals surface area contributed by atoms with Gasteiger partial charge in [-0.1, -0.05) is 0 Å². The molecule has 0 fully saturated rings. The summed E-state index contributed by atoms with van der Waals surface area (Å²) >= 11 is 1.35. The molecule has 1 N–H and O–H groups in total. The third-order valence-corrected chi connectivity index (χ3v) is 3.08. The van der Waals surface area contributed by atoms with E-state index in [4.69, 9.17) is 4.42 Å². The van der Waals surface area contributed by atoms with E-state index in [1.165, 1.54) is 11.3 Å².